The van der Waals surface area contributed by atoms with E-state index in [0.29, 0.717) is 22.6 Å². The van der Waals surface area contributed by atoms with Gasteiger partial charge in [-0.25, -0.2) is 14.3 Å². The van der Waals surface area contributed by atoms with Crippen molar-refractivity contribution in [2.45, 2.75) is 20.4 Å². The van der Waals surface area contributed by atoms with Crippen LogP contribution in [0.15, 0.2) is 64.2 Å². The summed E-state index contributed by atoms with van der Waals surface area (Å²) in [6.07, 6.45) is 0. The van der Waals surface area contributed by atoms with Crippen LogP contribution in [0.2, 0.25) is 0 Å². The fourth-order valence-corrected chi connectivity index (χ4v) is 4.28. The molecule has 3 N–H and O–H groups in total. The smallest absolute Gasteiger partial charge is 0.319 e. The van der Waals surface area contributed by atoms with E-state index in [-0.39, 0.29) is 12.5 Å². The van der Waals surface area contributed by atoms with Gasteiger partial charge >= 0.3 is 11.6 Å². The number of rotatable bonds is 4. The van der Waals surface area contributed by atoms with Gasteiger partial charge in [-0.15, -0.1) is 9.38 Å². The van der Waals surface area contributed by atoms with Crippen LogP contribution in [-0.4, -0.2) is 24.3 Å². The third-order valence-electron chi connectivity index (χ3n) is 5.92. The second-order valence-corrected chi connectivity index (χ2v) is 8.40. The molecule has 0 radical (unpaired) electrons. The number of nitrogens with one attached hydrogen (secondary N) is 1. The van der Waals surface area contributed by atoms with E-state index in [9.17, 15) is 14.0 Å². The number of nitrogens with two attached hydrogens (primary N) is 1. The summed E-state index contributed by atoms with van der Waals surface area (Å²) in [5.74, 6) is -0.848. The standard InChI is InChI=1S/C25H22FN7O2/c1-14-11-17(12-15(2)28-14)20-21(16-7-5-4-6-8-16)29-24(27)33-22(20)30-32(25(33)35)13-18-9-10-19(26)23(34)31(18)3/h4-12H,13H2,1-3H3,(H2,27,28,29,30)/p+1. The maximum absolute atomic E-state index is 13.7. The Labute approximate surface area is 198 Å². The Balaban J connectivity index is 1.82. The van der Waals surface area contributed by atoms with Crippen LogP contribution in [0.1, 0.15) is 17.1 Å². The van der Waals surface area contributed by atoms with Crippen molar-refractivity contribution in [3.05, 3.63) is 98.3 Å². The molecule has 0 aliphatic rings. The zero-order chi connectivity index (χ0) is 24.9. The van der Waals surface area contributed by atoms with Gasteiger partial charge in [-0.05, 0) is 43.7 Å². The average molecular weight is 473 g/mol. The summed E-state index contributed by atoms with van der Waals surface area (Å²) in [5, 5.41) is 3.15. The molecule has 0 spiro atoms. The summed E-state index contributed by atoms with van der Waals surface area (Å²) < 4.78 is 17.5. The molecule has 0 saturated carbocycles. The number of nitrogen functional groups attached to an aromatic ring is 1. The van der Waals surface area contributed by atoms with Gasteiger partial charge in [0.2, 0.25) is 5.65 Å². The summed E-state index contributed by atoms with van der Waals surface area (Å²) in [7, 11) is 1.46. The van der Waals surface area contributed by atoms with Crippen LogP contribution >= 0.6 is 0 Å². The van der Waals surface area contributed by atoms with Gasteiger partial charge in [0.25, 0.3) is 5.56 Å². The van der Waals surface area contributed by atoms with E-state index in [4.69, 9.17) is 5.73 Å². The van der Waals surface area contributed by atoms with E-state index < -0.39 is 17.1 Å². The molecule has 0 fully saturated rings. The Kier molecular flexibility index (Phi) is 5.28. The van der Waals surface area contributed by atoms with Crippen molar-refractivity contribution in [3.63, 3.8) is 0 Å². The van der Waals surface area contributed by atoms with Gasteiger partial charge in [-0.3, -0.25) is 9.78 Å². The van der Waals surface area contributed by atoms with Gasteiger partial charge in [0, 0.05) is 24.0 Å². The van der Waals surface area contributed by atoms with Crippen molar-refractivity contribution in [1.82, 2.24) is 24.3 Å². The number of hydrogen-bond donors (Lipinski definition) is 2. The number of pyridine rings is 2. The second kappa shape index (κ2) is 8.32. The van der Waals surface area contributed by atoms with E-state index in [1.54, 1.807) is 0 Å². The lowest BCUT2D eigenvalue weighted by Crippen LogP contribution is -2.44. The average Bonchev–Trinajstić information content (AvgIpc) is 3.15. The predicted molar refractivity (Wildman–Crippen MR) is 129 cm³/mol. The second-order valence-electron chi connectivity index (χ2n) is 8.40. The Hall–Kier alpha value is -4.60. The number of aromatic nitrogens is 6. The Bertz CT molecular complexity index is 1700. The highest BCUT2D eigenvalue weighted by Gasteiger charge is 2.26. The van der Waals surface area contributed by atoms with E-state index in [1.165, 1.54) is 26.8 Å². The lowest BCUT2D eigenvalue weighted by molar-refractivity contribution is -0.516. The Morgan fingerprint density at radius 1 is 1.00 bits per heavy atom. The normalized spacial score (nSPS) is 11.3. The number of H-pyrrole nitrogens is 1. The monoisotopic (exact) mass is 472 g/mol. The maximum Gasteiger partial charge on any atom is 0.428 e. The van der Waals surface area contributed by atoms with E-state index in [2.05, 4.69) is 15.1 Å². The van der Waals surface area contributed by atoms with Crippen molar-refractivity contribution in [2.75, 3.05) is 5.73 Å². The van der Waals surface area contributed by atoms with Crippen molar-refractivity contribution in [3.8, 4) is 22.4 Å². The maximum atomic E-state index is 13.7. The first-order valence-electron chi connectivity index (χ1n) is 10.9. The molecular weight excluding hydrogens is 449 g/mol. The number of fused-ring (bicyclic) bond motifs is 1. The van der Waals surface area contributed by atoms with Crippen LogP contribution in [0, 0.1) is 19.7 Å². The zero-order valence-corrected chi connectivity index (χ0v) is 19.4. The molecular formula is C25H23FN7O2+. The minimum Gasteiger partial charge on any atom is -0.319 e. The van der Waals surface area contributed by atoms with Gasteiger partial charge in [0.15, 0.2) is 5.82 Å². The first-order valence-corrected chi connectivity index (χ1v) is 10.9. The van der Waals surface area contributed by atoms with Crippen LogP contribution in [0.4, 0.5) is 10.3 Å². The highest BCUT2D eigenvalue weighted by atomic mass is 19.1. The van der Waals surface area contributed by atoms with Gasteiger partial charge in [0.1, 0.15) is 12.2 Å². The fourth-order valence-electron chi connectivity index (χ4n) is 4.28. The number of aromatic amines is 1. The summed E-state index contributed by atoms with van der Waals surface area (Å²) in [4.78, 5) is 34.5. The lowest BCUT2D eigenvalue weighted by atomic mass is 9.99. The zero-order valence-electron chi connectivity index (χ0n) is 19.4. The molecule has 4 heterocycles. The first kappa shape index (κ1) is 22.2. The molecule has 0 amide bonds. The van der Waals surface area contributed by atoms with E-state index in [0.717, 1.165) is 28.6 Å². The number of aryl methyl sites for hydroxylation is 2. The SMILES string of the molecule is Cc1cc(-c2c(-c3ccccc3)nc(N)[n+]3c(=O)n(Cc4ccc(F)c(=O)n4C)[nH]c23)cc(C)n1. The van der Waals surface area contributed by atoms with E-state index >= 15 is 0 Å². The summed E-state index contributed by atoms with van der Waals surface area (Å²) in [5.41, 5.74) is 10.5. The van der Waals surface area contributed by atoms with Crippen molar-refractivity contribution >= 4 is 11.6 Å². The fraction of sp³-hybridized carbons (Fsp3) is 0.160. The van der Waals surface area contributed by atoms with Crippen LogP contribution in [0.3, 0.4) is 0 Å². The molecule has 5 rings (SSSR count). The van der Waals surface area contributed by atoms with Crippen molar-refractivity contribution < 1.29 is 8.79 Å². The predicted octanol–water partition coefficient (Wildman–Crippen LogP) is 2.12. The first-order chi connectivity index (χ1) is 16.7. The summed E-state index contributed by atoms with van der Waals surface area (Å²) in [6, 6.07) is 16.0. The molecule has 0 bridgehead atoms. The molecule has 35 heavy (non-hydrogen) atoms. The number of benzene rings is 1. The third-order valence-corrected chi connectivity index (χ3v) is 5.92. The van der Waals surface area contributed by atoms with Crippen molar-refractivity contribution in [2.24, 2.45) is 7.05 Å². The Morgan fingerprint density at radius 2 is 1.69 bits per heavy atom. The van der Waals surface area contributed by atoms with Gasteiger partial charge in [-0.2, -0.15) is 4.68 Å². The molecule has 9 nitrogen and oxygen atoms in total. The number of hydrogen-bond acceptors (Lipinski definition) is 5. The third kappa shape index (κ3) is 3.78. The molecule has 176 valence electrons. The number of nitrogens with zero attached hydrogens (tertiary/aromatic N) is 5. The van der Waals surface area contributed by atoms with Crippen LogP contribution in [0.25, 0.3) is 28.0 Å². The summed E-state index contributed by atoms with van der Waals surface area (Å²) in [6.45, 7) is 3.80. The molecule has 0 aliphatic carbocycles. The highest BCUT2D eigenvalue weighted by molar-refractivity contribution is 5.88. The number of halogens is 1. The van der Waals surface area contributed by atoms with Crippen LogP contribution in [0.5, 0.6) is 0 Å². The molecule has 0 aliphatic heterocycles. The topological polar surface area (TPSA) is 116 Å². The molecule has 1 aromatic carbocycles. The molecule has 0 saturated heterocycles. The molecule has 0 unspecified atom stereocenters. The quantitative estimate of drug-likeness (QED) is 0.389. The summed E-state index contributed by atoms with van der Waals surface area (Å²) >= 11 is 0. The number of anilines is 1. The lowest BCUT2D eigenvalue weighted by Gasteiger charge is -2.10. The van der Waals surface area contributed by atoms with Crippen molar-refractivity contribution in [1.29, 1.82) is 0 Å². The van der Waals surface area contributed by atoms with Crippen LogP contribution in [-0.2, 0) is 13.6 Å². The highest BCUT2D eigenvalue weighted by Crippen LogP contribution is 2.33. The molecule has 5 aromatic rings. The minimum atomic E-state index is -0.860. The minimum absolute atomic E-state index is 0.000481. The van der Waals surface area contributed by atoms with Gasteiger partial charge < -0.3 is 10.3 Å². The molecule has 0 atom stereocenters. The van der Waals surface area contributed by atoms with Gasteiger partial charge in [-0.1, -0.05) is 30.3 Å². The van der Waals surface area contributed by atoms with Gasteiger partial charge in [0.05, 0.1) is 11.3 Å². The molecule has 4 aromatic heterocycles. The Morgan fingerprint density at radius 3 is 2.37 bits per heavy atom. The largest absolute Gasteiger partial charge is 0.428 e. The molecule has 10 heteroatoms. The van der Waals surface area contributed by atoms with Crippen LogP contribution < -0.4 is 21.4 Å². The van der Waals surface area contributed by atoms with E-state index in [1.807, 2.05) is 56.3 Å².